The van der Waals surface area contributed by atoms with E-state index in [-0.39, 0.29) is 22.7 Å². The van der Waals surface area contributed by atoms with Crippen LogP contribution in [0.25, 0.3) is 16.8 Å². The number of nitrogen functional groups attached to an aromatic ring is 1. The van der Waals surface area contributed by atoms with Crippen molar-refractivity contribution in [2.75, 3.05) is 20.0 Å². The zero-order chi connectivity index (χ0) is 20.4. The number of esters is 1. The van der Waals surface area contributed by atoms with E-state index in [1.165, 1.54) is 25.0 Å². The molecule has 0 saturated carbocycles. The summed E-state index contributed by atoms with van der Waals surface area (Å²) in [5.41, 5.74) is 7.63. The molecular formula is C20H16BrN3O4. The Morgan fingerprint density at radius 1 is 1.25 bits per heavy atom. The number of phenolic OH excluding ortho intramolecular Hbond substituents is 1. The standard InChI is InChI=1S/C20H16BrN3O4/c1-27-15-8-7-13(21)18(16(15)12-5-3-4-6-14(12)25)24-10-11(9-22)17(23)19(24)20(26)28-2/h3-8,10,25H,23H2,1-2H3. The number of ether oxygens (including phenoxy) is 2. The number of para-hydroxylation sites is 1. The predicted octanol–water partition coefficient (Wildman–Crippen LogP) is 3.86. The highest BCUT2D eigenvalue weighted by molar-refractivity contribution is 9.10. The van der Waals surface area contributed by atoms with Gasteiger partial charge in [-0.1, -0.05) is 18.2 Å². The minimum Gasteiger partial charge on any atom is -0.507 e. The minimum absolute atomic E-state index is 0.00433. The predicted molar refractivity (Wildman–Crippen MR) is 108 cm³/mol. The third kappa shape index (κ3) is 3.06. The molecule has 3 rings (SSSR count). The fourth-order valence-corrected chi connectivity index (χ4v) is 3.51. The molecule has 0 atom stereocenters. The zero-order valence-electron chi connectivity index (χ0n) is 15.1. The second kappa shape index (κ2) is 7.66. The molecule has 0 radical (unpaired) electrons. The highest BCUT2D eigenvalue weighted by Crippen LogP contribution is 2.44. The molecule has 0 fully saturated rings. The van der Waals surface area contributed by atoms with Gasteiger partial charge in [-0.25, -0.2) is 4.79 Å². The van der Waals surface area contributed by atoms with Crippen molar-refractivity contribution in [2.45, 2.75) is 0 Å². The SMILES string of the molecule is COC(=O)c1c(N)c(C#N)cn1-c1c(Br)ccc(OC)c1-c1ccccc1O. The molecule has 142 valence electrons. The van der Waals surface area contributed by atoms with Gasteiger partial charge in [0.15, 0.2) is 5.69 Å². The summed E-state index contributed by atoms with van der Waals surface area (Å²) in [6.45, 7) is 0. The number of halogens is 1. The van der Waals surface area contributed by atoms with E-state index in [2.05, 4.69) is 15.9 Å². The number of nitrogens with zero attached hydrogens (tertiary/aromatic N) is 2. The molecular weight excluding hydrogens is 426 g/mol. The van der Waals surface area contributed by atoms with Crippen LogP contribution in [-0.4, -0.2) is 29.9 Å². The monoisotopic (exact) mass is 441 g/mol. The molecule has 0 aliphatic carbocycles. The van der Waals surface area contributed by atoms with E-state index in [1.807, 2.05) is 6.07 Å². The highest BCUT2D eigenvalue weighted by Gasteiger charge is 2.27. The van der Waals surface area contributed by atoms with E-state index < -0.39 is 5.97 Å². The Morgan fingerprint density at radius 3 is 2.57 bits per heavy atom. The first-order valence-corrected chi connectivity index (χ1v) is 8.88. The number of carbonyl (C=O) groups is 1. The lowest BCUT2D eigenvalue weighted by molar-refractivity contribution is 0.0593. The van der Waals surface area contributed by atoms with Gasteiger partial charge in [-0.05, 0) is 34.1 Å². The molecule has 0 aliphatic rings. The first-order valence-electron chi connectivity index (χ1n) is 8.09. The van der Waals surface area contributed by atoms with Crippen LogP contribution >= 0.6 is 15.9 Å². The Balaban J connectivity index is 2.47. The number of hydrogen-bond donors (Lipinski definition) is 2. The number of carbonyl (C=O) groups excluding carboxylic acids is 1. The Morgan fingerprint density at radius 2 is 1.96 bits per heavy atom. The normalized spacial score (nSPS) is 10.4. The maximum absolute atomic E-state index is 12.4. The van der Waals surface area contributed by atoms with Gasteiger partial charge in [0.1, 0.15) is 17.6 Å². The average Bonchev–Trinajstić information content (AvgIpc) is 3.03. The lowest BCUT2D eigenvalue weighted by atomic mass is 10.0. The molecule has 0 unspecified atom stereocenters. The van der Waals surface area contributed by atoms with Gasteiger partial charge in [-0.15, -0.1) is 0 Å². The van der Waals surface area contributed by atoms with Gasteiger partial charge in [0.25, 0.3) is 0 Å². The van der Waals surface area contributed by atoms with E-state index >= 15 is 0 Å². The van der Waals surface area contributed by atoms with Crippen LogP contribution < -0.4 is 10.5 Å². The zero-order valence-corrected chi connectivity index (χ0v) is 16.6. The first-order chi connectivity index (χ1) is 13.4. The molecule has 1 heterocycles. The van der Waals surface area contributed by atoms with E-state index in [1.54, 1.807) is 36.4 Å². The van der Waals surface area contributed by atoms with E-state index in [0.29, 0.717) is 27.0 Å². The first kappa shape index (κ1) is 19.3. The molecule has 0 spiro atoms. The number of methoxy groups -OCH3 is 2. The van der Waals surface area contributed by atoms with E-state index in [9.17, 15) is 15.2 Å². The van der Waals surface area contributed by atoms with Crippen LogP contribution in [0.1, 0.15) is 16.1 Å². The lowest BCUT2D eigenvalue weighted by Crippen LogP contribution is -2.12. The molecule has 28 heavy (non-hydrogen) atoms. The van der Waals surface area contributed by atoms with Gasteiger partial charge >= 0.3 is 5.97 Å². The third-order valence-corrected chi connectivity index (χ3v) is 4.91. The molecule has 0 bridgehead atoms. The molecule has 0 aliphatic heterocycles. The Kier molecular flexibility index (Phi) is 5.29. The molecule has 0 amide bonds. The van der Waals surface area contributed by atoms with Crippen molar-refractivity contribution in [3.05, 3.63) is 58.3 Å². The number of hydrogen-bond acceptors (Lipinski definition) is 6. The second-order valence-electron chi connectivity index (χ2n) is 5.77. The number of phenols is 1. The van der Waals surface area contributed by atoms with Gasteiger partial charge in [0.2, 0.25) is 0 Å². The number of rotatable bonds is 4. The van der Waals surface area contributed by atoms with Gasteiger partial charge in [0.05, 0.1) is 36.7 Å². The third-order valence-electron chi connectivity index (χ3n) is 4.27. The van der Waals surface area contributed by atoms with Crippen LogP contribution in [-0.2, 0) is 4.74 Å². The minimum atomic E-state index is -0.697. The van der Waals surface area contributed by atoms with Crippen molar-refractivity contribution < 1.29 is 19.4 Å². The summed E-state index contributed by atoms with van der Waals surface area (Å²) < 4.78 is 12.4. The van der Waals surface area contributed by atoms with Gasteiger partial charge in [0, 0.05) is 16.2 Å². The van der Waals surface area contributed by atoms with Crippen LogP contribution in [0.15, 0.2) is 47.1 Å². The van der Waals surface area contributed by atoms with Crippen LogP contribution in [0.3, 0.4) is 0 Å². The number of nitrogens with two attached hydrogens (primary N) is 1. The largest absolute Gasteiger partial charge is 0.507 e. The maximum atomic E-state index is 12.4. The van der Waals surface area contributed by atoms with Crippen LogP contribution in [0.4, 0.5) is 5.69 Å². The van der Waals surface area contributed by atoms with Crippen LogP contribution in [0.2, 0.25) is 0 Å². The summed E-state index contributed by atoms with van der Waals surface area (Å²) in [6, 6.07) is 12.2. The molecule has 0 saturated heterocycles. The number of benzene rings is 2. The number of anilines is 1. The quantitative estimate of drug-likeness (QED) is 0.594. The Hall–Kier alpha value is -3.44. The summed E-state index contributed by atoms with van der Waals surface area (Å²) in [4.78, 5) is 12.4. The summed E-state index contributed by atoms with van der Waals surface area (Å²) in [6.07, 6.45) is 1.45. The van der Waals surface area contributed by atoms with Crippen molar-refractivity contribution in [1.29, 1.82) is 5.26 Å². The summed E-state index contributed by atoms with van der Waals surface area (Å²) >= 11 is 3.50. The summed E-state index contributed by atoms with van der Waals surface area (Å²) in [7, 11) is 2.73. The fraction of sp³-hybridized carbons (Fsp3) is 0.100. The number of nitriles is 1. The summed E-state index contributed by atoms with van der Waals surface area (Å²) in [5, 5.41) is 19.8. The van der Waals surface area contributed by atoms with Crippen molar-refractivity contribution in [3.63, 3.8) is 0 Å². The van der Waals surface area contributed by atoms with Gasteiger partial charge < -0.3 is 24.9 Å². The second-order valence-corrected chi connectivity index (χ2v) is 6.62. The van der Waals surface area contributed by atoms with Crippen molar-refractivity contribution in [1.82, 2.24) is 4.57 Å². The number of aromatic hydroxyl groups is 1. The van der Waals surface area contributed by atoms with E-state index in [0.717, 1.165) is 0 Å². The summed E-state index contributed by atoms with van der Waals surface area (Å²) in [5.74, 6) is -0.210. The van der Waals surface area contributed by atoms with Gasteiger partial charge in [-0.3, -0.25) is 0 Å². The highest BCUT2D eigenvalue weighted by atomic mass is 79.9. The lowest BCUT2D eigenvalue weighted by Gasteiger charge is -2.19. The van der Waals surface area contributed by atoms with Crippen LogP contribution in [0.5, 0.6) is 11.5 Å². The fourth-order valence-electron chi connectivity index (χ4n) is 2.99. The number of aromatic nitrogens is 1. The van der Waals surface area contributed by atoms with Crippen molar-refractivity contribution >= 4 is 27.6 Å². The molecule has 2 aromatic carbocycles. The molecule has 3 N–H and O–H groups in total. The smallest absolute Gasteiger partial charge is 0.357 e. The van der Waals surface area contributed by atoms with E-state index in [4.69, 9.17) is 15.2 Å². The molecule has 1 aromatic heterocycles. The average molecular weight is 442 g/mol. The Labute approximate surface area is 169 Å². The van der Waals surface area contributed by atoms with Crippen molar-refractivity contribution in [2.24, 2.45) is 0 Å². The van der Waals surface area contributed by atoms with Gasteiger partial charge in [-0.2, -0.15) is 5.26 Å². The van der Waals surface area contributed by atoms with Crippen molar-refractivity contribution in [3.8, 4) is 34.4 Å². The topological polar surface area (TPSA) is 110 Å². The molecule has 8 heteroatoms. The van der Waals surface area contributed by atoms with Crippen LogP contribution in [0, 0.1) is 11.3 Å². The molecule has 3 aromatic rings. The maximum Gasteiger partial charge on any atom is 0.357 e. The molecule has 7 nitrogen and oxygen atoms in total. The Bertz CT molecular complexity index is 1120.